The zero-order valence-electron chi connectivity index (χ0n) is 15.8. The second-order valence-corrected chi connectivity index (χ2v) is 7.25. The van der Waals surface area contributed by atoms with Crippen molar-refractivity contribution in [3.05, 3.63) is 83.1 Å². The average molecular weight is 379 g/mol. The van der Waals surface area contributed by atoms with Crippen molar-refractivity contribution in [1.82, 2.24) is 14.9 Å². The highest BCUT2D eigenvalue weighted by atomic mass is 19.1. The third-order valence-electron chi connectivity index (χ3n) is 5.05. The van der Waals surface area contributed by atoms with Crippen molar-refractivity contribution in [3.8, 4) is 0 Å². The first-order chi connectivity index (χ1) is 13.6. The van der Waals surface area contributed by atoms with Crippen LogP contribution >= 0.6 is 0 Å². The van der Waals surface area contributed by atoms with Gasteiger partial charge < -0.3 is 9.32 Å². The maximum Gasteiger partial charge on any atom is 0.255 e. The van der Waals surface area contributed by atoms with Crippen LogP contribution in [0.15, 0.2) is 53.2 Å². The lowest BCUT2D eigenvalue weighted by Gasteiger charge is -2.31. The summed E-state index contributed by atoms with van der Waals surface area (Å²) in [6.07, 6.45) is 5.65. The minimum absolute atomic E-state index is 0.0104. The van der Waals surface area contributed by atoms with Gasteiger partial charge in [0, 0.05) is 31.4 Å². The predicted molar refractivity (Wildman–Crippen MR) is 103 cm³/mol. The lowest BCUT2D eigenvalue weighted by atomic mass is 9.97. The second-order valence-electron chi connectivity index (χ2n) is 7.25. The summed E-state index contributed by atoms with van der Waals surface area (Å²) in [5, 5.41) is 0. The van der Waals surface area contributed by atoms with Crippen LogP contribution in [0.2, 0.25) is 0 Å². The predicted octanol–water partition coefficient (Wildman–Crippen LogP) is 4.13. The largest absolute Gasteiger partial charge is 0.445 e. The van der Waals surface area contributed by atoms with E-state index in [0.29, 0.717) is 30.2 Å². The number of nitrogens with zero attached hydrogens (tertiary/aromatic N) is 3. The van der Waals surface area contributed by atoms with E-state index in [1.54, 1.807) is 18.5 Å². The summed E-state index contributed by atoms with van der Waals surface area (Å²) in [6.45, 7) is 3.20. The monoisotopic (exact) mass is 379 g/mol. The molecule has 1 fully saturated rings. The van der Waals surface area contributed by atoms with Gasteiger partial charge in [-0.1, -0.05) is 12.1 Å². The van der Waals surface area contributed by atoms with Crippen molar-refractivity contribution >= 4 is 5.91 Å². The highest BCUT2D eigenvalue weighted by Crippen LogP contribution is 2.28. The lowest BCUT2D eigenvalue weighted by Crippen LogP contribution is -2.39. The average Bonchev–Trinajstić information content (AvgIpc) is 3.17. The number of oxazole rings is 1. The van der Waals surface area contributed by atoms with Crippen molar-refractivity contribution in [3.63, 3.8) is 0 Å². The molecule has 3 aromatic rings. The fourth-order valence-corrected chi connectivity index (χ4v) is 3.58. The number of aryl methyl sites for hydroxylation is 1. The summed E-state index contributed by atoms with van der Waals surface area (Å²) < 4.78 is 19.3. The normalized spacial score (nSPS) is 16.9. The van der Waals surface area contributed by atoms with Crippen LogP contribution in [0.3, 0.4) is 0 Å². The molecule has 1 aliphatic heterocycles. The summed E-state index contributed by atoms with van der Waals surface area (Å²) in [7, 11) is 0. The number of amides is 1. The molecular formula is C22H22FN3O2. The van der Waals surface area contributed by atoms with Gasteiger partial charge in [0.2, 0.25) is 0 Å². The molecule has 4 rings (SSSR count). The number of likely N-dealkylation sites (tertiary alicyclic amines) is 1. The fraction of sp³-hybridized carbons (Fsp3) is 0.318. The molecule has 6 heteroatoms. The summed E-state index contributed by atoms with van der Waals surface area (Å²) in [5.74, 6) is 1.14. The third-order valence-corrected chi connectivity index (χ3v) is 5.05. The second kappa shape index (κ2) is 7.92. The van der Waals surface area contributed by atoms with Gasteiger partial charge in [-0.25, -0.2) is 9.37 Å². The van der Waals surface area contributed by atoms with Crippen molar-refractivity contribution in [2.45, 2.75) is 32.1 Å². The van der Waals surface area contributed by atoms with Crippen molar-refractivity contribution in [2.75, 3.05) is 13.1 Å². The van der Waals surface area contributed by atoms with E-state index in [1.807, 2.05) is 30.0 Å². The summed E-state index contributed by atoms with van der Waals surface area (Å²) in [6, 6.07) is 10.1. The Bertz CT molecular complexity index is 968. The van der Waals surface area contributed by atoms with Crippen molar-refractivity contribution in [1.29, 1.82) is 0 Å². The Hall–Kier alpha value is -3.02. The van der Waals surface area contributed by atoms with Crippen LogP contribution in [0.25, 0.3) is 0 Å². The molecule has 5 nitrogen and oxygen atoms in total. The smallest absolute Gasteiger partial charge is 0.255 e. The summed E-state index contributed by atoms with van der Waals surface area (Å²) >= 11 is 0. The van der Waals surface area contributed by atoms with Gasteiger partial charge in [0.25, 0.3) is 5.91 Å². The molecule has 0 N–H and O–H groups in total. The van der Waals surface area contributed by atoms with E-state index in [1.165, 1.54) is 12.1 Å². The van der Waals surface area contributed by atoms with E-state index in [9.17, 15) is 9.18 Å². The summed E-state index contributed by atoms with van der Waals surface area (Å²) in [5.41, 5.74) is 2.33. The third kappa shape index (κ3) is 4.11. The maximum atomic E-state index is 13.4. The van der Waals surface area contributed by atoms with Gasteiger partial charge in [-0.2, -0.15) is 0 Å². The number of benzene rings is 1. The molecule has 1 amide bonds. The van der Waals surface area contributed by atoms with Crippen LogP contribution in [-0.4, -0.2) is 33.9 Å². The Labute approximate surface area is 163 Å². The van der Waals surface area contributed by atoms with E-state index < -0.39 is 0 Å². The first kappa shape index (κ1) is 18.3. The molecule has 0 unspecified atom stereocenters. The van der Waals surface area contributed by atoms with Gasteiger partial charge in [0.15, 0.2) is 5.89 Å². The Balaban J connectivity index is 1.44. The topological polar surface area (TPSA) is 59.2 Å². The van der Waals surface area contributed by atoms with Gasteiger partial charge in [0.05, 0.1) is 17.7 Å². The first-order valence-electron chi connectivity index (χ1n) is 9.49. The number of rotatable bonds is 4. The van der Waals surface area contributed by atoms with Crippen LogP contribution in [0, 0.1) is 12.7 Å². The number of halogens is 1. The minimum atomic E-state index is -0.260. The van der Waals surface area contributed by atoms with E-state index in [2.05, 4.69) is 9.97 Å². The highest BCUT2D eigenvalue weighted by Gasteiger charge is 2.28. The van der Waals surface area contributed by atoms with Gasteiger partial charge >= 0.3 is 0 Å². The SMILES string of the molecule is Cc1ccc(C(=O)N2CCC[C@@H](c3ncc(Cc4cccc(F)c4)o3)C2)cn1. The molecule has 0 bridgehead atoms. The Morgan fingerprint density at radius 2 is 2.14 bits per heavy atom. The Kier molecular flexibility index (Phi) is 5.19. The molecule has 28 heavy (non-hydrogen) atoms. The van der Waals surface area contributed by atoms with E-state index in [4.69, 9.17) is 4.42 Å². The quantitative estimate of drug-likeness (QED) is 0.684. The zero-order chi connectivity index (χ0) is 19.5. The molecule has 1 aromatic carbocycles. The first-order valence-corrected chi connectivity index (χ1v) is 9.49. The van der Waals surface area contributed by atoms with Crippen molar-refractivity contribution < 1.29 is 13.6 Å². The Morgan fingerprint density at radius 1 is 1.25 bits per heavy atom. The molecule has 1 atom stereocenters. The van der Waals surface area contributed by atoms with Gasteiger partial charge in [0.1, 0.15) is 11.6 Å². The number of pyridine rings is 1. The number of carbonyl (C=O) groups is 1. The molecule has 2 aromatic heterocycles. The van der Waals surface area contributed by atoms with Gasteiger partial charge in [-0.3, -0.25) is 9.78 Å². The molecule has 144 valence electrons. The van der Waals surface area contributed by atoms with E-state index in [-0.39, 0.29) is 17.6 Å². The molecule has 0 spiro atoms. The molecule has 0 radical (unpaired) electrons. The number of aromatic nitrogens is 2. The molecule has 0 saturated carbocycles. The highest BCUT2D eigenvalue weighted by molar-refractivity contribution is 5.94. The molecule has 1 saturated heterocycles. The van der Waals surface area contributed by atoms with Gasteiger partial charge in [-0.15, -0.1) is 0 Å². The number of carbonyl (C=O) groups excluding carboxylic acids is 1. The van der Waals surface area contributed by atoms with Crippen LogP contribution < -0.4 is 0 Å². The zero-order valence-corrected chi connectivity index (χ0v) is 15.8. The molecule has 0 aliphatic carbocycles. The lowest BCUT2D eigenvalue weighted by molar-refractivity contribution is 0.0697. The van der Waals surface area contributed by atoms with Gasteiger partial charge in [-0.05, 0) is 49.6 Å². The maximum absolute atomic E-state index is 13.4. The minimum Gasteiger partial charge on any atom is -0.445 e. The number of hydrogen-bond acceptors (Lipinski definition) is 4. The fourth-order valence-electron chi connectivity index (χ4n) is 3.58. The standard InChI is InChI=1S/C22H22FN3O2/c1-15-7-8-17(12-24-15)22(27)26-9-3-5-18(14-26)21-25-13-20(28-21)11-16-4-2-6-19(23)10-16/h2,4,6-8,10,12-13,18H,3,5,9,11,14H2,1H3/t18-/m1/s1. The Morgan fingerprint density at radius 3 is 2.93 bits per heavy atom. The van der Waals surface area contributed by atoms with Crippen molar-refractivity contribution in [2.24, 2.45) is 0 Å². The molecular weight excluding hydrogens is 357 g/mol. The van der Waals surface area contributed by atoms with Crippen LogP contribution in [0.5, 0.6) is 0 Å². The number of hydrogen-bond donors (Lipinski definition) is 0. The molecule has 1 aliphatic rings. The van der Waals surface area contributed by atoms with E-state index >= 15 is 0 Å². The summed E-state index contributed by atoms with van der Waals surface area (Å²) in [4.78, 5) is 23.3. The van der Waals surface area contributed by atoms with Crippen LogP contribution in [-0.2, 0) is 6.42 Å². The van der Waals surface area contributed by atoms with Crippen LogP contribution in [0.1, 0.15) is 52.0 Å². The number of piperidine rings is 1. The van der Waals surface area contributed by atoms with E-state index in [0.717, 1.165) is 30.6 Å². The van der Waals surface area contributed by atoms with Crippen LogP contribution in [0.4, 0.5) is 4.39 Å². The molecule has 3 heterocycles.